The molecule has 1 amide bonds. The molecule has 52 valence electrons. The topological polar surface area (TPSA) is 52.3 Å². The molecule has 0 spiro atoms. The summed E-state index contributed by atoms with van der Waals surface area (Å²) in [5, 5.41) is 0. The first-order valence-electron chi connectivity index (χ1n) is 2.81. The molecule has 0 aromatic rings. The number of carbonyl (C=O) groups excluding carboxylic acids is 1. The Kier molecular flexibility index (Phi) is 3.51. The zero-order valence-electron chi connectivity index (χ0n) is 5.68. The van der Waals surface area contributed by atoms with E-state index < -0.39 is 5.91 Å². The lowest BCUT2D eigenvalue weighted by Crippen LogP contribution is -2.15. The number of carbonyl (C=O) groups is 1. The minimum Gasteiger partial charge on any atom is -0.489 e. The Morgan fingerprint density at radius 3 is 2.44 bits per heavy atom. The molecule has 0 aliphatic rings. The Labute approximate surface area is 54.5 Å². The fraction of sp³-hybridized carbons (Fsp3) is 0.500. The van der Waals surface area contributed by atoms with Gasteiger partial charge < -0.3 is 10.5 Å². The van der Waals surface area contributed by atoms with Gasteiger partial charge in [-0.05, 0) is 19.9 Å². The number of nitrogens with two attached hydrogens (primary N) is 1. The fourth-order valence-corrected chi connectivity index (χ4v) is 0.452. The minimum atomic E-state index is -0.514. The molecule has 0 atom stereocenters. The van der Waals surface area contributed by atoms with E-state index in [1.807, 2.05) is 0 Å². The normalized spacial score (nSPS) is 11.1. The van der Waals surface area contributed by atoms with Gasteiger partial charge in [0.05, 0.1) is 6.61 Å². The van der Waals surface area contributed by atoms with Crippen LogP contribution in [0.25, 0.3) is 0 Å². The van der Waals surface area contributed by atoms with Crippen LogP contribution < -0.4 is 5.73 Å². The van der Waals surface area contributed by atoms with Gasteiger partial charge in [-0.1, -0.05) is 0 Å². The molecule has 0 radical (unpaired) electrons. The van der Waals surface area contributed by atoms with Gasteiger partial charge in [0.15, 0.2) is 5.76 Å². The van der Waals surface area contributed by atoms with Crippen LogP contribution in [0.1, 0.15) is 13.8 Å². The number of hydrogen-bond acceptors (Lipinski definition) is 2. The number of amides is 1. The Balaban J connectivity index is 3.85. The molecule has 0 aromatic heterocycles. The predicted molar refractivity (Wildman–Crippen MR) is 34.6 cm³/mol. The third kappa shape index (κ3) is 2.74. The highest BCUT2D eigenvalue weighted by atomic mass is 16.5. The first-order chi connectivity index (χ1) is 4.22. The molecule has 3 heteroatoms. The SMILES string of the molecule is C/C=C(\OCC)C(N)=O. The molecule has 3 nitrogen and oxygen atoms in total. The molecule has 9 heavy (non-hydrogen) atoms. The highest BCUT2D eigenvalue weighted by molar-refractivity contribution is 5.89. The van der Waals surface area contributed by atoms with E-state index in [0.29, 0.717) is 6.61 Å². The molecule has 0 bridgehead atoms. The van der Waals surface area contributed by atoms with E-state index in [9.17, 15) is 4.79 Å². The smallest absolute Gasteiger partial charge is 0.283 e. The Bertz CT molecular complexity index is 129. The van der Waals surface area contributed by atoms with Crippen LogP contribution in [0, 0.1) is 0 Å². The van der Waals surface area contributed by atoms with Crippen molar-refractivity contribution in [3.8, 4) is 0 Å². The van der Waals surface area contributed by atoms with Gasteiger partial charge in [0, 0.05) is 0 Å². The zero-order valence-corrected chi connectivity index (χ0v) is 5.68. The average molecular weight is 129 g/mol. The Hall–Kier alpha value is -0.990. The Morgan fingerprint density at radius 2 is 2.33 bits per heavy atom. The third-order valence-electron chi connectivity index (χ3n) is 0.805. The molecular formula is C6H11NO2. The molecule has 0 fully saturated rings. The van der Waals surface area contributed by atoms with E-state index in [0.717, 1.165) is 0 Å². The largest absolute Gasteiger partial charge is 0.489 e. The van der Waals surface area contributed by atoms with Crippen molar-refractivity contribution < 1.29 is 9.53 Å². The molecule has 0 rings (SSSR count). The minimum absolute atomic E-state index is 0.234. The Morgan fingerprint density at radius 1 is 1.78 bits per heavy atom. The van der Waals surface area contributed by atoms with Crippen LogP contribution in [-0.4, -0.2) is 12.5 Å². The number of ether oxygens (including phenoxy) is 1. The van der Waals surface area contributed by atoms with Gasteiger partial charge in [-0.25, -0.2) is 0 Å². The summed E-state index contributed by atoms with van der Waals surface area (Å²) in [4.78, 5) is 10.3. The molecule has 0 aromatic carbocycles. The molecule has 0 saturated heterocycles. The van der Waals surface area contributed by atoms with Crippen molar-refractivity contribution >= 4 is 5.91 Å². The van der Waals surface area contributed by atoms with E-state index in [2.05, 4.69) is 0 Å². The number of rotatable bonds is 3. The highest BCUT2D eigenvalue weighted by Gasteiger charge is 2.00. The van der Waals surface area contributed by atoms with Gasteiger partial charge in [-0.15, -0.1) is 0 Å². The predicted octanol–water partition coefficient (Wildman–Crippen LogP) is 0.412. The summed E-state index contributed by atoms with van der Waals surface area (Å²) in [6.45, 7) is 3.98. The van der Waals surface area contributed by atoms with Crippen molar-refractivity contribution in [2.24, 2.45) is 5.73 Å². The number of allylic oxidation sites excluding steroid dienone is 1. The van der Waals surface area contributed by atoms with Crippen molar-refractivity contribution in [3.05, 3.63) is 11.8 Å². The van der Waals surface area contributed by atoms with E-state index in [-0.39, 0.29) is 5.76 Å². The van der Waals surface area contributed by atoms with Gasteiger partial charge >= 0.3 is 0 Å². The monoisotopic (exact) mass is 129 g/mol. The highest BCUT2D eigenvalue weighted by Crippen LogP contribution is 1.93. The molecule has 0 aliphatic heterocycles. The van der Waals surface area contributed by atoms with E-state index in [1.165, 1.54) is 0 Å². The van der Waals surface area contributed by atoms with Crippen molar-refractivity contribution in [2.45, 2.75) is 13.8 Å². The summed E-state index contributed by atoms with van der Waals surface area (Å²) in [5.74, 6) is -0.281. The second-order valence-electron chi connectivity index (χ2n) is 1.45. The lowest BCUT2D eigenvalue weighted by molar-refractivity contribution is -0.117. The standard InChI is InChI=1S/C6H11NO2/c1-3-5(6(7)8)9-4-2/h3H,4H2,1-2H3,(H2,7,8)/b5-3-. The maximum Gasteiger partial charge on any atom is 0.283 e. The van der Waals surface area contributed by atoms with Crippen molar-refractivity contribution in [3.63, 3.8) is 0 Å². The van der Waals surface area contributed by atoms with Crippen LogP contribution in [-0.2, 0) is 9.53 Å². The van der Waals surface area contributed by atoms with Crippen molar-refractivity contribution in [1.29, 1.82) is 0 Å². The van der Waals surface area contributed by atoms with Crippen molar-refractivity contribution in [1.82, 2.24) is 0 Å². The number of primary amides is 1. The van der Waals surface area contributed by atoms with Gasteiger partial charge in [-0.3, -0.25) is 4.79 Å². The maximum absolute atomic E-state index is 10.3. The lowest BCUT2D eigenvalue weighted by Gasteiger charge is -2.01. The summed E-state index contributed by atoms with van der Waals surface area (Å²) in [7, 11) is 0. The summed E-state index contributed by atoms with van der Waals surface area (Å²) in [6, 6.07) is 0. The summed E-state index contributed by atoms with van der Waals surface area (Å²) >= 11 is 0. The summed E-state index contributed by atoms with van der Waals surface area (Å²) in [5.41, 5.74) is 4.90. The third-order valence-corrected chi connectivity index (χ3v) is 0.805. The van der Waals surface area contributed by atoms with Crippen LogP contribution in [0.5, 0.6) is 0 Å². The average Bonchev–Trinajstić information content (AvgIpc) is 1.82. The zero-order chi connectivity index (χ0) is 7.28. The van der Waals surface area contributed by atoms with Crippen LogP contribution in [0.2, 0.25) is 0 Å². The van der Waals surface area contributed by atoms with Crippen LogP contribution in [0.3, 0.4) is 0 Å². The lowest BCUT2D eigenvalue weighted by atomic mass is 10.4. The second kappa shape index (κ2) is 3.95. The van der Waals surface area contributed by atoms with Crippen LogP contribution in [0.4, 0.5) is 0 Å². The van der Waals surface area contributed by atoms with Gasteiger partial charge in [0.2, 0.25) is 0 Å². The van der Waals surface area contributed by atoms with Crippen LogP contribution >= 0.6 is 0 Å². The molecule has 0 heterocycles. The first kappa shape index (κ1) is 8.01. The summed E-state index contributed by atoms with van der Waals surface area (Å²) < 4.78 is 4.84. The van der Waals surface area contributed by atoms with E-state index in [4.69, 9.17) is 10.5 Å². The maximum atomic E-state index is 10.3. The molecule has 0 saturated carbocycles. The van der Waals surface area contributed by atoms with Gasteiger partial charge in [0.25, 0.3) is 5.91 Å². The van der Waals surface area contributed by atoms with Gasteiger partial charge in [-0.2, -0.15) is 0 Å². The molecule has 0 unspecified atom stereocenters. The first-order valence-corrected chi connectivity index (χ1v) is 2.81. The molecule has 0 aliphatic carbocycles. The van der Waals surface area contributed by atoms with E-state index >= 15 is 0 Å². The second-order valence-corrected chi connectivity index (χ2v) is 1.45. The van der Waals surface area contributed by atoms with Crippen LogP contribution in [0.15, 0.2) is 11.8 Å². The molecule has 2 N–H and O–H groups in total. The van der Waals surface area contributed by atoms with Crippen molar-refractivity contribution in [2.75, 3.05) is 6.61 Å². The quantitative estimate of drug-likeness (QED) is 0.443. The molecular weight excluding hydrogens is 118 g/mol. The van der Waals surface area contributed by atoms with Gasteiger partial charge in [0.1, 0.15) is 0 Å². The number of hydrogen-bond donors (Lipinski definition) is 1. The fourth-order valence-electron chi connectivity index (χ4n) is 0.452. The van der Waals surface area contributed by atoms with E-state index in [1.54, 1.807) is 19.9 Å². The summed E-state index contributed by atoms with van der Waals surface area (Å²) in [6.07, 6.45) is 1.55.